The standard InChI is InChI=1S/C27H8B10ClN3/c28-15-13(16(29)20(33)23(36)19(15)32)9-1-5-11(6-2-9)25-39-26(41-27(38)40-25)12-7-3-10(4-8-12)14-17(30)21(34)24(37)22(35)18(14)31/h1-8H. The van der Waals surface area contributed by atoms with Gasteiger partial charge in [-0.05, 0) is 33.9 Å². The van der Waals surface area contributed by atoms with Crippen molar-refractivity contribution in [2.75, 3.05) is 0 Å². The summed E-state index contributed by atoms with van der Waals surface area (Å²) in [7, 11) is 60.7. The Morgan fingerprint density at radius 3 is 0.878 bits per heavy atom. The molecular weight excluding hydrogens is 510 g/mol. The minimum atomic E-state index is 0.0123. The normalized spacial score (nSPS) is 11.0. The first kappa shape index (κ1) is 29.3. The number of hydrogen-bond acceptors (Lipinski definition) is 3. The lowest BCUT2D eigenvalue weighted by Gasteiger charge is -2.21. The van der Waals surface area contributed by atoms with Crippen molar-refractivity contribution in [3.8, 4) is 45.0 Å². The van der Waals surface area contributed by atoms with E-state index in [2.05, 4.69) is 15.0 Å². The van der Waals surface area contributed by atoms with E-state index in [-0.39, 0.29) is 59.9 Å². The highest BCUT2D eigenvalue weighted by molar-refractivity contribution is 6.69. The number of hydrogen-bond donors (Lipinski definition) is 0. The maximum atomic E-state index is 6.28. The van der Waals surface area contributed by atoms with E-state index in [0.29, 0.717) is 45.0 Å². The fraction of sp³-hybridized carbons (Fsp3) is 0. The average Bonchev–Trinajstić information content (AvgIpc) is 2.97. The topological polar surface area (TPSA) is 38.7 Å². The van der Waals surface area contributed by atoms with E-state index < -0.39 is 0 Å². The van der Waals surface area contributed by atoms with Crippen molar-refractivity contribution in [1.29, 1.82) is 0 Å². The Hall–Kier alpha value is -3.17. The maximum absolute atomic E-state index is 6.28. The minimum absolute atomic E-state index is 0.0123. The van der Waals surface area contributed by atoms with Crippen LogP contribution in [0.3, 0.4) is 0 Å². The highest BCUT2D eigenvalue weighted by Crippen LogP contribution is 2.25. The highest BCUT2D eigenvalue weighted by Gasteiger charge is 2.15. The number of aromatic nitrogens is 3. The summed E-state index contributed by atoms with van der Waals surface area (Å²) in [5.41, 5.74) is 5.60. The second-order valence-electron chi connectivity index (χ2n) is 9.29. The summed E-state index contributed by atoms with van der Waals surface area (Å²) in [4.78, 5) is 13.2. The van der Waals surface area contributed by atoms with Gasteiger partial charge in [0.25, 0.3) is 0 Å². The van der Waals surface area contributed by atoms with Crippen molar-refractivity contribution in [2.45, 2.75) is 0 Å². The van der Waals surface area contributed by atoms with E-state index in [1.165, 1.54) is 0 Å². The molecule has 0 bridgehead atoms. The molecule has 0 N–H and O–H groups in total. The van der Waals surface area contributed by atoms with Gasteiger partial charge in [-0.2, -0.15) is 9.97 Å². The fourth-order valence-electron chi connectivity index (χ4n) is 4.50. The monoisotopic (exact) mass is 519 g/mol. The van der Waals surface area contributed by atoms with Gasteiger partial charge in [0.2, 0.25) is 5.28 Å². The van der Waals surface area contributed by atoms with Gasteiger partial charge in [0.1, 0.15) is 78.5 Å². The lowest BCUT2D eigenvalue weighted by Crippen LogP contribution is -2.55. The third-order valence-corrected chi connectivity index (χ3v) is 7.04. The summed E-state index contributed by atoms with van der Waals surface area (Å²) in [6, 6.07) is 14.3. The van der Waals surface area contributed by atoms with Crippen molar-refractivity contribution in [2.24, 2.45) is 0 Å². The number of nitrogens with zero attached hydrogens (tertiary/aromatic N) is 3. The molecule has 5 rings (SSSR count). The quantitative estimate of drug-likeness (QED) is 0.225. The Labute approximate surface area is 257 Å². The molecule has 1 heterocycles. The fourth-order valence-corrected chi connectivity index (χ4v) is 4.66. The first-order valence-corrected chi connectivity index (χ1v) is 12.4. The van der Waals surface area contributed by atoms with Crippen molar-refractivity contribution in [3.05, 3.63) is 53.8 Å². The molecule has 3 nitrogen and oxygen atoms in total. The third kappa shape index (κ3) is 5.18. The van der Waals surface area contributed by atoms with Crippen molar-refractivity contribution in [3.63, 3.8) is 0 Å². The van der Waals surface area contributed by atoms with Gasteiger partial charge >= 0.3 is 0 Å². The smallest absolute Gasteiger partial charge is 0.208 e. The molecule has 20 radical (unpaired) electrons. The molecule has 5 aromatic rings. The third-order valence-electron chi connectivity index (χ3n) is 6.87. The minimum Gasteiger partial charge on any atom is -0.208 e. The number of halogens is 1. The zero-order valence-corrected chi connectivity index (χ0v) is 22.4. The Balaban J connectivity index is 1.50. The van der Waals surface area contributed by atoms with E-state index in [1.807, 2.05) is 0 Å². The van der Waals surface area contributed by atoms with Gasteiger partial charge in [-0.25, -0.2) is 4.98 Å². The van der Waals surface area contributed by atoms with Crippen LogP contribution in [-0.2, 0) is 0 Å². The lowest BCUT2D eigenvalue weighted by atomic mass is 9.59. The molecule has 14 heteroatoms. The molecule has 0 saturated carbocycles. The van der Waals surface area contributed by atoms with Gasteiger partial charge in [-0.1, -0.05) is 70.4 Å². The molecule has 0 atom stereocenters. The predicted molar refractivity (Wildman–Crippen MR) is 180 cm³/mol. The second-order valence-corrected chi connectivity index (χ2v) is 9.63. The Kier molecular flexibility index (Phi) is 8.05. The molecule has 1 aromatic heterocycles. The predicted octanol–water partition coefficient (Wildman–Crippen LogP) is -4.87. The van der Waals surface area contributed by atoms with Crippen LogP contribution in [0.25, 0.3) is 45.0 Å². The van der Waals surface area contributed by atoms with Crippen LogP contribution in [-0.4, -0.2) is 93.4 Å². The lowest BCUT2D eigenvalue weighted by molar-refractivity contribution is 1.07. The van der Waals surface area contributed by atoms with E-state index in [0.717, 1.165) is 0 Å². The molecule has 0 amide bonds. The van der Waals surface area contributed by atoms with E-state index in [4.69, 9.17) is 90.1 Å². The molecule has 0 unspecified atom stereocenters. The summed E-state index contributed by atoms with van der Waals surface area (Å²) in [6.45, 7) is 0. The van der Waals surface area contributed by atoms with E-state index in [1.54, 1.807) is 48.5 Å². The van der Waals surface area contributed by atoms with Gasteiger partial charge in [0.05, 0.1) is 0 Å². The van der Waals surface area contributed by atoms with Crippen LogP contribution in [0.4, 0.5) is 0 Å². The zero-order chi connectivity index (χ0) is 29.7. The molecule has 0 fully saturated rings. The van der Waals surface area contributed by atoms with Crippen molar-refractivity contribution in [1.82, 2.24) is 15.0 Å². The average molecular weight is 518 g/mol. The van der Waals surface area contributed by atoms with Gasteiger partial charge in [0.15, 0.2) is 11.6 Å². The molecule has 0 aliphatic heterocycles. The largest absolute Gasteiger partial charge is 0.226 e. The molecule has 0 aliphatic carbocycles. The molecule has 168 valence electrons. The summed E-state index contributed by atoms with van der Waals surface area (Å²) in [6.07, 6.45) is 0. The maximum Gasteiger partial charge on any atom is 0.226 e. The van der Waals surface area contributed by atoms with E-state index in [9.17, 15) is 0 Å². The SMILES string of the molecule is [B]c1c([B])c([B])c(-c2ccc(-c3nc(Cl)nc(-c4ccc(-c5c([B])c([B])c([B])c([B])c5[B])cc4)n3)cc2)c([B])c1[B]. The molecule has 41 heavy (non-hydrogen) atoms. The van der Waals surface area contributed by atoms with Gasteiger partial charge in [-0.15, -0.1) is 32.8 Å². The Bertz CT molecular complexity index is 1660. The number of rotatable bonds is 4. The Morgan fingerprint density at radius 2 is 0.585 bits per heavy atom. The molecule has 0 spiro atoms. The van der Waals surface area contributed by atoms with Crippen LogP contribution in [0.5, 0.6) is 0 Å². The Morgan fingerprint density at radius 1 is 0.341 bits per heavy atom. The van der Waals surface area contributed by atoms with Crippen LogP contribution in [0, 0.1) is 0 Å². The van der Waals surface area contributed by atoms with E-state index >= 15 is 0 Å². The van der Waals surface area contributed by atoms with Crippen molar-refractivity contribution < 1.29 is 0 Å². The summed E-state index contributed by atoms with van der Waals surface area (Å²) < 4.78 is 0. The second kappa shape index (κ2) is 11.2. The van der Waals surface area contributed by atoms with Crippen LogP contribution >= 0.6 is 11.6 Å². The first-order chi connectivity index (χ1) is 19.4. The molecule has 0 saturated heterocycles. The molecular formula is C27H8B10ClN3. The summed E-state index contributed by atoms with van der Waals surface area (Å²) in [5.74, 6) is 0.695. The van der Waals surface area contributed by atoms with Crippen molar-refractivity contribution >= 4 is 145 Å². The molecule has 4 aromatic carbocycles. The van der Waals surface area contributed by atoms with Crippen LogP contribution in [0.1, 0.15) is 0 Å². The van der Waals surface area contributed by atoms with Gasteiger partial charge in [-0.3, -0.25) is 0 Å². The summed E-state index contributed by atoms with van der Waals surface area (Å²) in [5, 5.41) is 0.0123. The van der Waals surface area contributed by atoms with Gasteiger partial charge < -0.3 is 0 Å². The van der Waals surface area contributed by atoms with Crippen LogP contribution in [0.15, 0.2) is 48.5 Å². The number of benzene rings is 4. The first-order valence-electron chi connectivity index (χ1n) is 12.1. The molecule has 0 aliphatic rings. The van der Waals surface area contributed by atoms with Crippen LogP contribution in [0.2, 0.25) is 5.28 Å². The van der Waals surface area contributed by atoms with Gasteiger partial charge in [0, 0.05) is 11.1 Å². The summed E-state index contributed by atoms with van der Waals surface area (Å²) >= 11 is 6.28. The zero-order valence-electron chi connectivity index (χ0n) is 21.6. The highest BCUT2D eigenvalue weighted by atomic mass is 35.5. The van der Waals surface area contributed by atoms with Crippen LogP contribution < -0.4 is 54.6 Å².